The van der Waals surface area contributed by atoms with Crippen molar-refractivity contribution in [3.05, 3.63) is 59.2 Å². The van der Waals surface area contributed by atoms with Gasteiger partial charge in [-0.3, -0.25) is 0 Å². The molecule has 0 spiro atoms. The first-order valence-corrected chi connectivity index (χ1v) is 9.81. The molecule has 0 bridgehead atoms. The summed E-state index contributed by atoms with van der Waals surface area (Å²) in [6.07, 6.45) is 2.94. The highest BCUT2D eigenvalue weighted by Gasteiger charge is 2.40. The molecular formula is C24H28O4. The van der Waals surface area contributed by atoms with Crippen LogP contribution in [-0.4, -0.2) is 19.4 Å². The number of benzene rings is 2. The zero-order chi connectivity index (χ0) is 20.3. The first-order valence-electron chi connectivity index (χ1n) is 9.81. The molecule has 0 radical (unpaired) electrons. The highest BCUT2D eigenvalue weighted by atomic mass is 16.7. The molecule has 4 heteroatoms. The summed E-state index contributed by atoms with van der Waals surface area (Å²) < 4.78 is 11.0. The fourth-order valence-electron chi connectivity index (χ4n) is 4.14. The van der Waals surface area contributed by atoms with Crippen LogP contribution in [0.4, 0.5) is 0 Å². The predicted octanol–water partition coefficient (Wildman–Crippen LogP) is 4.91. The van der Waals surface area contributed by atoms with Crippen molar-refractivity contribution in [1.82, 2.24) is 0 Å². The monoisotopic (exact) mass is 380 g/mol. The lowest BCUT2D eigenvalue weighted by molar-refractivity contribution is -0.117. The van der Waals surface area contributed by atoms with Gasteiger partial charge in [0.15, 0.2) is 11.5 Å². The zero-order valence-corrected chi connectivity index (χ0v) is 17.0. The molecule has 0 saturated heterocycles. The number of ether oxygens (including phenoxy) is 2. The Morgan fingerprint density at radius 3 is 2.25 bits per heavy atom. The van der Waals surface area contributed by atoms with Crippen LogP contribution in [0, 0.1) is 11.3 Å². The summed E-state index contributed by atoms with van der Waals surface area (Å²) in [5.41, 5.74) is 2.63. The van der Waals surface area contributed by atoms with Crippen LogP contribution in [0.5, 0.6) is 11.5 Å². The second-order valence-corrected chi connectivity index (χ2v) is 8.15. The Balaban J connectivity index is 2.13. The molecule has 3 rings (SSSR count). The maximum Gasteiger partial charge on any atom is 0.231 e. The second kappa shape index (κ2) is 8.17. The van der Waals surface area contributed by atoms with E-state index in [1.54, 1.807) is 0 Å². The molecule has 3 atom stereocenters. The van der Waals surface area contributed by atoms with Gasteiger partial charge in [-0.15, -0.1) is 0 Å². The number of aryl methyl sites for hydroxylation is 1. The van der Waals surface area contributed by atoms with E-state index in [0.29, 0.717) is 11.5 Å². The number of aldehydes is 2. The van der Waals surface area contributed by atoms with Crippen LogP contribution in [-0.2, 0) is 16.0 Å². The normalized spacial score (nSPS) is 16.3. The molecule has 0 fully saturated rings. The van der Waals surface area contributed by atoms with Gasteiger partial charge in [-0.25, -0.2) is 0 Å². The maximum atomic E-state index is 12.1. The largest absolute Gasteiger partial charge is 0.454 e. The number of hydrogen-bond acceptors (Lipinski definition) is 4. The Hall–Kier alpha value is -2.62. The van der Waals surface area contributed by atoms with Crippen LogP contribution in [0.3, 0.4) is 0 Å². The molecular weight excluding hydrogens is 352 g/mol. The molecule has 0 N–H and O–H groups in total. The van der Waals surface area contributed by atoms with Gasteiger partial charge in [0, 0.05) is 23.2 Å². The fraction of sp³-hybridized carbons (Fsp3) is 0.417. The van der Waals surface area contributed by atoms with E-state index in [0.717, 1.165) is 30.1 Å². The topological polar surface area (TPSA) is 52.6 Å². The third-order valence-electron chi connectivity index (χ3n) is 5.77. The van der Waals surface area contributed by atoms with E-state index >= 15 is 0 Å². The maximum absolute atomic E-state index is 12.1. The number of fused-ring (bicyclic) bond motifs is 1. The summed E-state index contributed by atoms with van der Waals surface area (Å²) in [7, 11) is 0. The van der Waals surface area contributed by atoms with Gasteiger partial charge in [-0.1, -0.05) is 58.0 Å². The average Bonchev–Trinajstić information content (AvgIpc) is 3.19. The lowest BCUT2D eigenvalue weighted by atomic mass is 9.64. The van der Waals surface area contributed by atoms with Gasteiger partial charge < -0.3 is 19.1 Å². The molecule has 148 valence electrons. The summed E-state index contributed by atoms with van der Waals surface area (Å²) in [6.45, 7) is 8.11. The minimum Gasteiger partial charge on any atom is -0.454 e. The molecule has 28 heavy (non-hydrogen) atoms. The highest BCUT2D eigenvalue weighted by molar-refractivity contribution is 5.64. The minimum absolute atomic E-state index is 0.156. The summed E-state index contributed by atoms with van der Waals surface area (Å²) in [5, 5.41) is 0. The van der Waals surface area contributed by atoms with Gasteiger partial charge in [-0.05, 0) is 35.2 Å². The van der Waals surface area contributed by atoms with Crippen molar-refractivity contribution in [1.29, 1.82) is 0 Å². The molecule has 0 aliphatic carbocycles. The van der Waals surface area contributed by atoms with E-state index in [9.17, 15) is 9.59 Å². The second-order valence-electron chi connectivity index (χ2n) is 8.15. The average molecular weight is 380 g/mol. The van der Waals surface area contributed by atoms with Crippen LogP contribution in [0.25, 0.3) is 0 Å². The molecule has 2 aromatic carbocycles. The van der Waals surface area contributed by atoms with Crippen molar-refractivity contribution in [2.24, 2.45) is 11.3 Å². The summed E-state index contributed by atoms with van der Waals surface area (Å²) in [4.78, 5) is 23.9. The smallest absolute Gasteiger partial charge is 0.231 e. The molecule has 4 nitrogen and oxygen atoms in total. The van der Waals surface area contributed by atoms with Crippen molar-refractivity contribution in [3.63, 3.8) is 0 Å². The van der Waals surface area contributed by atoms with E-state index in [4.69, 9.17) is 9.47 Å². The minimum atomic E-state index is -0.647. The van der Waals surface area contributed by atoms with Crippen molar-refractivity contribution in [2.45, 2.75) is 46.0 Å². The lowest BCUT2D eigenvalue weighted by Gasteiger charge is -2.38. The molecule has 1 heterocycles. The number of carbonyl (C=O) groups is 2. The molecule has 0 saturated carbocycles. The molecule has 0 aromatic heterocycles. The van der Waals surface area contributed by atoms with Crippen LogP contribution < -0.4 is 9.47 Å². The first kappa shape index (κ1) is 20.1. The zero-order valence-electron chi connectivity index (χ0n) is 17.0. The van der Waals surface area contributed by atoms with Gasteiger partial charge >= 0.3 is 0 Å². The molecule has 0 amide bonds. The van der Waals surface area contributed by atoms with Crippen LogP contribution in [0.15, 0.2) is 42.5 Å². The first-order chi connectivity index (χ1) is 13.4. The van der Waals surface area contributed by atoms with Crippen molar-refractivity contribution < 1.29 is 19.1 Å². The third-order valence-corrected chi connectivity index (χ3v) is 5.77. The van der Waals surface area contributed by atoms with Gasteiger partial charge in [0.2, 0.25) is 6.79 Å². The van der Waals surface area contributed by atoms with E-state index in [1.165, 1.54) is 5.56 Å². The Kier molecular flexibility index (Phi) is 5.87. The van der Waals surface area contributed by atoms with Gasteiger partial charge in [0.1, 0.15) is 12.6 Å². The number of hydrogen-bond donors (Lipinski definition) is 0. The van der Waals surface area contributed by atoms with E-state index in [-0.39, 0.29) is 24.5 Å². The molecule has 2 aromatic rings. The van der Waals surface area contributed by atoms with Gasteiger partial charge in [-0.2, -0.15) is 0 Å². The Labute approximate surface area is 166 Å². The van der Waals surface area contributed by atoms with E-state index in [2.05, 4.69) is 31.2 Å². The molecule has 1 aliphatic heterocycles. The van der Waals surface area contributed by atoms with Crippen molar-refractivity contribution in [2.75, 3.05) is 6.79 Å². The Morgan fingerprint density at radius 1 is 1.00 bits per heavy atom. The highest BCUT2D eigenvalue weighted by Crippen LogP contribution is 2.49. The number of carbonyl (C=O) groups excluding carboxylic acids is 2. The number of rotatable bonds is 8. The summed E-state index contributed by atoms with van der Waals surface area (Å²) in [6, 6.07) is 14.2. The third kappa shape index (κ3) is 3.82. The standard InChI is InChI=1S/C24H28O4/c1-5-17-6-8-18(9-7-17)23(24(3,4)14-26)22(16(2)13-25)19-10-11-20-21(12-19)28-15-27-20/h6-14,16,22-23H,5,15H2,1-4H3. The van der Waals surface area contributed by atoms with Crippen LogP contribution in [0.2, 0.25) is 0 Å². The Bertz CT molecular complexity index is 838. The van der Waals surface area contributed by atoms with Crippen molar-refractivity contribution in [3.8, 4) is 11.5 Å². The molecule has 3 unspecified atom stereocenters. The molecule has 1 aliphatic rings. The SMILES string of the molecule is CCc1ccc(C(C(c2ccc3c(c2)OCO3)C(C)C=O)C(C)(C)C=O)cc1. The predicted molar refractivity (Wildman–Crippen MR) is 109 cm³/mol. The summed E-state index contributed by atoms with van der Waals surface area (Å²) >= 11 is 0. The summed E-state index contributed by atoms with van der Waals surface area (Å²) in [5.74, 6) is 0.802. The van der Waals surface area contributed by atoms with Crippen molar-refractivity contribution >= 4 is 12.6 Å². The van der Waals surface area contributed by atoms with Crippen LogP contribution in [0.1, 0.15) is 56.2 Å². The van der Waals surface area contributed by atoms with E-state index in [1.807, 2.05) is 39.0 Å². The van der Waals surface area contributed by atoms with Gasteiger partial charge in [0.25, 0.3) is 0 Å². The lowest BCUT2D eigenvalue weighted by Crippen LogP contribution is -2.32. The van der Waals surface area contributed by atoms with Crippen LogP contribution >= 0.6 is 0 Å². The Morgan fingerprint density at radius 2 is 1.64 bits per heavy atom. The quantitative estimate of drug-likeness (QED) is 0.611. The van der Waals surface area contributed by atoms with E-state index < -0.39 is 5.41 Å². The fourth-order valence-corrected chi connectivity index (χ4v) is 4.14. The van der Waals surface area contributed by atoms with Gasteiger partial charge in [0.05, 0.1) is 0 Å².